The first-order valence-corrected chi connectivity index (χ1v) is 10.3. The highest BCUT2D eigenvalue weighted by Crippen LogP contribution is 2.36. The van der Waals surface area contributed by atoms with Crippen molar-refractivity contribution >= 4 is 16.8 Å². The van der Waals surface area contributed by atoms with Gasteiger partial charge in [-0.05, 0) is 68.7 Å². The number of nitrogens with zero attached hydrogens (tertiary/aromatic N) is 1. The lowest BCUT2D eigenvalue weighted by atomic mass is 9.91. The average molecular weight is 378 g/mol. The Balaban J connectivity index is 1.44. The third-order valence-electron chi connectivity index (χ3n) is 6.24. The van der Waals surface area contributed by atoms with Crippen LogP contribution >= 0.6 is 0 Å². The van der Waals surface area contributed by atoms with Crippen molar-refractivity contribution in [3.8, 4) is 5.75 Å². The number of benzene rings is 1. The SMILES string of the molecule is COc1ccc2[nH]c3c(c2c1)CCCC3NC(=O)c1n[nH]c2c1CCCCC2. The number of fused-ring (bicyclic) bond motifs is 4. The molecule has 1 aromatic carbocycles. The average Bonchev–Trinajstić information content (AvgIpc) is 3.21. The van der Waals surface area contributed by atoms with Gasteiger partial charge in [-0.2, -0.15) is 5.10 Å². The molecule has 0 saturated heterocycles. The number of hydrogen-bond donors (Lipinski definition) is 3. The smallest absolute Gasteiger partial charge is 0.272 e. The maximum absolute atomic E-state index is 13.1. The van der Waals surface area contributed by atoms with Crippen molar-refractivity contribution in [2.24, 2.45) is 0 Å². The number of amides is 1. The summed E-state index contributed by atoms with van der Waals surface area (Å²) in [6.07, 6.45) is 8.46. The number of aromatic nitrogens is 3. The Kier molecular flexibility index (Phi) is 4.34. The zero-order chi connectivity index (χ0) is 19.1. The van der Waals surface area contributed by atoms with Crippen molar-refractivity contribution < 1.29 is 9.53 Å². The van der Waals surface area contributed by atoms with E-state index in [1.165, 1.54) is 23.8 Å². The summed E-state index contributed by atoms with van der Waals surface area (Å²) < 4.78 is 5.39. The first-order chi connectivity index (χ1) is 13.7. The van der Waals surface area contributed by atoms with Crippen LogP contribution in [-0.2, 0) is 19.3 Å². The topological polar surface area (TPSA) is 82.8 Å². The summed E-state index contributed by atoms with van der Waals surface area (Å²) in [6.45, 7) is 0. The summed E-state index contributed by atoms with van der Waals surface area (Å²) in [6, 6.07) is 6.10. The Bertz CT molecular complexity index is 1030. The first kappa shape index (κ1) is 17.3. The molecule has 1 amide bonds. The van der Waals surface area contributed by atoms with E-state index < -0.39 is 0 Å². The second-order valence-corrected chi connectivity index (χ2v) is 7.94. The fourth-order valence-corrected chi connectivity index (χ4v) is 4.79. The molecule has 0 aliphatic heterocycles. The normalized spacial score (nSPS) is 19.0. The molecule has 6 nitrogen and oxygen atoms in total. The number of aryl methyl sites for hydroxylation is 2. The molecule has 6 heteroatoms. The van der Waals surface area contributed by atoms with Crippen LogP contribution in [0.15, 0.2) is 18.2 Å². The molecular weight excluding hydrogens is 352 g/mol. The Morgan fingerprint density at radius 1 is 1.14 bits per heavy atom. The maximum atomic E-state index is 13.1. The highest BCUT2D eigenvalue weighted by atomic mass is 16.5. The van der Waals surface area contributed by atoms with E-state index in [0.717, 1.165) is 66.7 Å². The molecule has 3 N–H and O–H groups in total. The van der Waals surface area contributed by atoms with Crippen LogP contribution in [0.4, 0.5) is 0 Å². The van der Waals surface area contributed by atoms with Gasteiger partial charge in [-0.3, -0.25) is 9.89 Å². The number of hydrogen-bond acceptors (Lipinski definition) is 3. The van der Waals surface area contributed by atoms with E-state index in [0.29, 0.717) is 5.69 Å². The predicted octanol–water partition coefficient (Wildman–Crippen LogP) is 3.98. The van der Waals surface area contributed by atoms with E-state index in [9.17, 15) is 4.79 Å². The fourth-order valence-electron chi connectivity index (χ4n) is 4.79. The predicted molar refractivity (Wildman–Crippen MR) is 108 cm³/mol. The van der Waals surface area contributed by atoms with Crippen molar-refractivity contribution in [3.63, 3.8) is 0 Å². The molecule has 1 atom stereocenters. The van der Waals surface area contributed by atoms with Crippen LogP contribution in [0.5, 0.6) is 5.75 Å². The quantitative estimate of drug-likeness (QED) is 0.603. The standard InChI is InChI=1S/C22H26N4O2/c1-28-13-10-11-17-16(12-13)14-7-5-9-19(20(14)23-17)24-22(27)21-15-6-3-2-4-8-18(15)25-26-21/h10-12,19,23H,2-9H2,1H3,(H,24,27)(H,25,26). The molecule has 3 aromatic rings. The lowest BCUT2D eigenvalue weighted by Crippen LogP contribution is -2.32. The van der Waals surface area contributed by atoms with Gasteiger partial charge in [-0.25, -0.2) is 0 Å². The van der Waals surface area contributed by atoms with Gasteiger partial charge in [0.1, 0.15) is 5.75 Å². The lowest BCUT2D eigenvalue weighted by molar-refractivity contribution is 0.0926. The third-order valence-corrected chi connectivity index (χ3v) is 6.24. The number of methoxy groups -OCH3 is 1. The zero-order valence-electron chi connectivity index (χ0n) is 16.2. The monoisotopic (exact) mass is 378 g/mol. The molecule has 0 bridgehead atoms. The minimum Gasteiger partial charge on any atom is -0.497 e. The Morgan fingerprint density at radius 3 is 2.89 bits per heavy atom. The summed E-state index contributed by atoms with van der Waals surface area (Å²) in [5.41, 5.74) is 6.37. The highest BCUT2D eigenvalue weighted by molar-refractivity contribution is 5.94. The summed E-state index contributed by atoms with van der Waals surface area (Å²) >= 11 is 0. The van der Waals surface area contributed by atoms with Crippen molar-refractivity contribution in [1.82, 2.24) is 20.5 Å². The van der Waals surface area contributed by atoms with Gasteiger partial charge in [0.05, 0.1) is 13.2 Å². The second kappa shape index (κ2) is 7.00. The number of aromatic amines is 2. The second-order valence-electron chi connectivity index (χ2n) is 7.94. The van der Waals surface area contributed by atoms with E-state index in [2.05, 4.69) is 32.6 Å². The third kappa shape index (κ3) is 2.87. The molecule has 1 unspecified atom stereocenters. The van der Waals surface area contributed by atoms with E-state index in [1.54, 1.807) is 7.11 Å². The van der Waals surface area contributed by atoms with Gasteiger partial charge in [0.15, 0.2) is 5.69 Å². The van der Waals surface area contributed by atoms with Crippen LogP contribution in [0.25, 0.3) is 10.9 Å². The number of H-pyrrole nitrogens is 2. The van der Waals surface area contributed by atoms with Crippen LogP contribution in [0.1, 0.15) is 71.1 Å². The molecule has 2 aliphatic carbocycles. The van der Waals surface area contributed by atoms with Crippen LogP contribution in [0, 0.1) is 0 Å². The summed E-state index contributed by atoms with van der Waals surface area (Å²) in [7, 11) is 1.69. The van der Waals surface area contributed by atoms with Gasteiger partial charge in [-0.15, -0.1) is 0 Å². The number of ether oxygens (including phenoxy) is 1. The van der Waals surface area contributed by atoms with Gasteiger partial charge >= 0.3 is 0 Å². The molecule has 0 fully saturated rings. The maximum Gasteiger partial charge on any atom is 0.272 e. The van der Waals surface area contributed by atoms with Crippen molar-refractivity contribution in [3.05, 3.63) is 46.4 Å². The fraction of sp³-hybridized carbons (Fsp3) is 0.455. The Morgan fingerprint density at radius 2 is 2.00 bits per heavy atom. The molecule has 2 aromatic heterocycles. The Labute approximate surface area is 164 Å². The van der Waals surface area contributed by atoms with E-state index in [4.69, 9.17) is 4.74 Å². The van der Waals surface area contributed by atoms with Gasteiger partial charge < -0.3 is 15.0 Å². The van der Waals surface area contributed by atoms with Gasteiger partial charge in [0.2, 0.25) is 0 Å². The number of carbonyl (C=O) groups is 1. The van der Waals surface area contributed by atoms with Gasteiger partial charge in [-0.1, -0.05) is 6.42 Å². The van der Waals surface area contributed by atoms with Crippen molar-refractivity contribution in [2.45, 2.75) is 57.4 Å². The van der Waals surface area contributed by atoms with Gasteiger partial charge in [0.25, 0.3) is 5.91 Å². The molecule has 5 rings (SSSR count). The molecule has 28 heavy (non-hydrogen) atoms. The first-order valence-electron chi connectivity index (χ1n) is 10.3. The number of nitrogens with one attached hydrogen (secondary N) is 3. The molecule has 0 spiro atoms. The molecular formula is C22H26N4O2. The van der Waals surface area contributed by atoms with E-state index in [-0.39, 0.29) is 11.9 Å². The summed E-state index contributed by atoms with van der Waals surface area (Å²) in [5, 5.41) is 11.9. The van der Waals surface area contributed by atoms with Crippen LogP contribution in [-0.4, -0.2) is 28.2 Å². The van der Waals surface area contributed by atoms with Crippen LogP contribution in [0.2, 0.25) is 0 Å². The van der Waals surface area contributed by atoms with Crippen molar-refractivity contribution in [2.75, 3.05) is 7.11 Å². The molecule has 0 radical (unpaired) electrons. The summed E-state index contributed by atoms with van der Waals surface area (Å²) in [5.74, 6) is 0.799. The van der Waals surface area contributed by atoms with Crippen LogP contribution < -0.4 is 10.1 Å². The highest BCUT2D eigenvalue weighted by Gasteiger charge is 2.28. The number of rotatable bonds is 3. The van der Waals surface area contributed by atoms with E-state index in [1.807, 2.05) is 6.07 Å². The largest absolute Gasteiger partial charge is 0.497 e. The molecule has 2 aliphatic rings. The molecule has 146 valence electrons. The molecule has 2 heterocycles. The molecule has 0 saturated carbocycles. The minimum atomic E-state index is -0.0616. The zero-order valence-corrected chi connectivity index (χ0v) is 16.2. The Hall–Kier alpha value is -2.76. The minimum absolute atomic E-state index is 0.00669. The lowest BCUT2D eigenvalue weighted by Gasteiger charge is -2.23. The van der Waals surface area contributed by atoms with Gasteiger partial charge in [0, 0.05) is 27.9 Å². The number of carbonyl (C=O) groups excluding carboxylic acids is 1. The summed E-state index contributed by atoms with van der Waals surface area (Å²) in [4.78, 5) is 16.6. The van der Waals surface area contributed by atoms with Crippen LogP contribution in [0.3, 0.4) is 0 Å². The van der Waals surface area contributed by atoms with Crippen molar-refractivity contribution in [1.29, 1.82) is 0 Å². The van der Waals surface area contributed by atoms with E-state index >= 15 is 0 Å².